The van der Waals surface area contributed by atoms with Gasteiger partial charge in [-0.25, -0.2) is 0 Å². The van der Waals surface area contributed by atoms with E-state index in [1.807, 2.05) is 13.8 Å². The second kappa shape index (κ2) is 8.56. The third kappa shape index (κ3) is 5.87. The Hall–Kier alpha value is -1.85. The molecule has 1 aromatic rings. The van der Waals surface area contributed by atoms with Crippen molar-refractivity contribution in [1.29, 1.82) is 0 Å². The van der Waals surface area contributed by atoms with Gasteiger partial charge in [-0.05, 0) is 18.3 Å². The van der Waals surface area contributed by atoms with Crippen LogP contribution in [0.4, 0.5) is 0 Å². The highest BCUT2D eigenvalue weighted by Gasteiger charge is 2.20. The predicted octanol–water partition coefficient (Wildman–Crippen LogP) is 3.62. The van der Waals surface area contributed by atoms with Crippen LogP contribution < -0.4 is 0 Å². The van der Waals surface area contributed by atoms with Crippen molar-refractivity contribution in [2.75, 3.05) is 0 Å². The minimum atomic E-state index is -0.901. The summed E-state index contributed by atoms with van der Waals surface area (Å²) >= 11 is 0. The van der Waals surface area contributed by atoms with Crippen molar-refractivity contribution in [3.63, 3.8) is 0 Å². The molecule has 1 aliphatic rings. The van der Waals surface area contributed by atoms with Crippen LogP contribution in [0.25, 0.3) is 0 Å². The van der Waals surface area contributed by atoms with Crippen molar-refractivity contribution < 1.29 is 19.3 Å². The molecule has 0 radical (unpaired) electrons. The van der Waals surface area contributed by atoms with Crippen molar-refractivity contribution in [3.05, 3.63) is 17.5 Å². The highest BCUT2D eigenvalue weighted by atomic mass is 16.6. The quantitative estimate of drug-likeness (QED) is 0.897. The first kappa shape index (κ1) is 18.2. The number of aliphatic carboxylic acids is 1. The van der Waals surface area contributed by atoms with Gasteiger partial charge in [-0.15, -0.1) is 0 Å². The largest absolute Gasteiger partial charge is 0.481 e. The zero-order valence-electron chi connectivity index (χ0n) is 14.0. The van der Waals surface area contributed by atoms with Crippen LogP contribution in [0, 0.1) is 5.92 Å². The van der Waals surface area contributed by atoms with E-state index in [-0.39, 0.29) is 12.3 Å². The van der Waals surface area contributed by atoms with Crippen LogP contribution in [0.1, 0.15) is 64.8 Å². The zero-order chi connectivity index (χ0) is 16.7. The van der Waals surface area contributed by atoms with Crippen LogP contribution >= 0.6 is 0 Å². The van der Waals surface area contributed by atoms with Crippen molar-refractivity contribution in [1.82, 2.24) is 5.16 Å². The molecule has 2 heterocycles. The summed E-state index contributed by atoms with van der Waals surface area (Å²) in [5.41, 5.74) is 2.01. The van der Waals surface area contributed by atoms with Crippen LogP contribution in [0.15, 0.2) is 15.7 Å². The zero-order valence-corrected chi connectivity index (χ0v) is 14.0. The maximum atomic E-state index is 10.3. The lowest BCUT2D eigenvalue weighted by atomic mass is 10.0. The molecule has 22 heavy (non-hydrogen) atoms. The summed E-state index contributed by atoms with van der Waals surface area (Å²) in [5.74, 6) is 0.334. The summed E-state index contributed by atoms with van der Waals surface area (Å²) in [6.07, 6.45) is 2.37. The number of oxime groups is 1. The number of carboxylic acids is 1. The number of carboxylic acid groups (broad SMARTS) is 1. The molecule has 1 aliphatic heterocycles. The van der Waals surface area contributed by atoms with E-state index in [0.717, 1.165) is 18.5 Å². The fourth-order valence-electron chi connectivity index (χ4n) is 1.84. The molecular weight excluding hydrogens is 284 g/mol. The summed E-state index contributed by atoms with van der Waals surface area (Å²) in [6.45, 7) is 10.4. The second-order valence-corrected chi connectivity index (χ2v) is 6.02. The molecule has 1 N–H and O–H groups in total. The first-order chi connectivity index (χ1) is 10.3. The molecule has 1 atom stereocenters. The van der Waals surface area contributed by atoms with Gasteiger partial charge in [0.15, 0.2) is 0 Å². The third-order valence-corrected chi connectivity index (χ3v) is 3.37. The van der Waals surface area contributed by atoms with Gasteiger partial charge in [0.25, 0.3) is 0 Å². The lowest BCUT2D eigenvalue weighted by Gasteiger charge is -2.03. The van der Waals surface area contributed by atoms with Gasteiger partial charge in [-0.2, -0.15) is 0 Å². The SMILES string of the molecule is CC(C)c1cc(CC(=O)O)on1.CCC1CC(C(C)C)=NO1. The van der Waals surface area contributed by atoms with Gasteiger partial charge >= 0.3 is 5.97 Å². The highest BCUT2D eigenvalue weighted by molar-refractivity contribution is 5.87. The van der Waals surface area contributed by atoms with Crippen molar-refractivity contribution in [3.8, 4) is 0 Å². The van der Waals surface area contributed by atoms with E-state index in [9.17, 15) is 4.79 Å². The molecule has 0 aliphatic carbocycles. The normalized spacial score (nSPS) is 17.0. The summed E-state index contributed by atoms with van der Waals surface area (Å²) in [4.78, 5) is 15.4. The maximum absolute atomic E-state index is 10.3. The number of hydrogen-bond acceptors (Lipinski definition) is 5. The number of nitrogens with zero attached hydrogens (tertiary/aromatic N) is 2. The first-order valence-corrected chi connectivity index (χ1v) is 7.73. The van der Waals surface area contributed by atoms with Crippen LogP contribution in [0.3, 0.4) is 0 Å². The van der Waals surface area contributed by atoms with Gasteiger partial charge in [0.05, 0.1) is 11.4 Å². The topological polar surface area (TPSA) is 84.9 Å². The Bertz CT molecular complexity index is 506. The Morgan fingerprint density at radius 2 is 2.05 bits per heavy atom. The van der Waals surface area contributed by atoms with Gasteiger partial charge in [0.2, 0.25) is 0 Å². The molecule has 1 aromatic heterocycles. The molecular formula is C16H26N2O4. The predicted molar refractivity (Wildman–Crippen MR) is 84.0 cm³/mol. The molecule has 2 rings (SSSR count). The van der Waals surface area contributed by atoms with E-state index in [4.69, 9.17) is 14.5 Å². The molecule has 0 amide bonds. The monoisotopic (exact) mass is 310 g/mol. The second-order valence-electron chi connectivity index (χ2n) is 6.02. The van der Waals surface area contributed by atoms with Gasteiger partial charge < -0.3 is 14.5 Å². The van der Waals surface area contributed by atoms with Crippen LogP contribution in [-0.4, -0.2) is 28.0 Å². The Kier molecular flexibility index (Phi) is 7.08. The van der Waals surface area contributed by atoms with Crippen LogP contribution in [-0.2, 0) is 16.1 Å². The molecule has 0 saturated heterocycles. The first-order valence-electron chi connectivity index (χ1n) is 7.73. The van der Waals surface area contributed by atoms with Gasteiger partial charge in [-0.1, -0.05) is 44.9 Å². The van der Waals surface area contributed by atoms with Gasteiger partial charge in [0, 0.05) is 12.5 Å². The average Bonchev–Trinajstić information content (AvgIpc) is 3.06. The van der Waals surface area contributed by atoms with Crippen LogP contribution in [0.2, 0.25) is 0 Å². The maximum Gasteiger partial charge on any atom is 0.311 e. The molecule has 0 aromatic carbocycles. The minimum absolute atomic E-state index is 0.0975. The molecule has 0 saturated carbocycles. The standard InChI is InChI=1S/C8H11NO3.C8H15NO/c1-5(2)7-3-6(12-9-7)4-8(10)11;1-4-7-5-8(6(2)3)9-10-7/h3,5H,4H2,1-2H3,(H,10,11);6-7H,4-5H2,1-3H3. The highest BCUT2D eigenvalue weighted by Crippen LogP contribution is 2.17. The fourth-order valence-corrected chi connectivity index (χ4v) is 1.84. The Labute approximate surface area is 131 Å². The Balaban J connectivity index is 0.000000224. The van der Waals surface area contributed by atoms with E-state index in [2.05, 4.69) is 31.1 Å². The molecule has 124 valence electrons. The van der Waals surface area contributed by atoms with E-state index < -0.39 is 5.97 Å². The number of hydrogen-bond donors (Lipinski definition) is 1. The molecule has 0 spiro atoms. The van der Waals surface area contributed by atoms with Crippen molar-refractivity contribution in [2.24, 2.45) is 11.1 Å². The lowest BCUT2D eigenvalue weighted by Crippen LogP contribution is -2.09. The smallest absolute Gasteiger partial charge is 0.311 e. The number of rotatable bonds is 5. The fraction of sp³-hybridized carbons (Fsp3) is 0.688. The van der Waals surface area contributed by atoms with E-state index >= 15 is 0 Å². The number of carbonyl (C=O) groups is 1. The minimum Gasteiger partial charge on any atom is -0.481 e. The van der Waals surface area contributed by atoms with E-state index in [1.165, 1.54) is 5.71 Å². The average molecular weight is 310 g/mol. The van der Waals surface area contributed by atoms with Crippen molar-refractivity contribution in [2.45, 2.75) is 65.9 Å². The molecule has 0 fully saturated rings. The summed E-state index contributed by atoms with van der Waals surface area (Å²) < 4.78 is 4.81. The van der Waals surface area contributed by atoms with Gasteiger partial charge in [0.1, 0.15) is 18.3 Å². The van der Waals surface area contributed by atoms with Gasteiger partial charge in [-0.3, -0.25) is 4.79 Å². The molecule has 1 unspecified atom stereocenters. The molecule has 6 nitrogen and oxygen atoms in total. The van der Waals surface area contributed by atoms with E-state index in [1.54, 1.807) is 6.07 Å². The Morgan fingerprint density at radius 1 is 1.36 bits per heavy atom. The Morgan fingerprint density at radius 3 is 2.41 bits per heavy atom. The summed E-state index contributed by atoms with van der Waals surface area (Å²) in [7, 11) is 0. The third-order valence-electron chi connectivity index (χ3n) is 3.37. The molecule has 0 bridgehead atoms. The van der Waals surface area contributed by atoms with Crippen molar-refractivity contribution >= 4 is 11.7 Å². The lowest BCUT2D eigenvalue weighted by molar-refractivity contribution is -0.136. The number of aromatic nitrogens is 1. The van der Waals surface area contributed by atoms with Crippen LogP contribution in [0.5, 0.6) is 0 Å². The van der Waals surface area contributed by atoms with E-state index in [0.29, 0.717) is 17.8 Å². The summed E-state index contributed by atoms with van der Waals surface area (Å²) in [6, 6.07) is 1.68. The summed E-state index contributed by atoms with van der Waals surface area (Å²) in [5, 5.41) is 16.2. The molecule has 6 heteroatoms.